The minimum absolute atomic E-state index is 0.841. The predicted molar refractivity (Wildman–Crippen MR) is 546 cm³/mol. The lowest BCUT2D eigenvalue weighted by Crippen LogP contribution is -1.93. The topological polar surface area (TPSA) is 39.4 Å². The quantitative estimate of drug-likeness (QED) is 0.121. The number of fused-ring (bicyclic) bond motifs is 18. The first-order valence-corrected chi connectivity index (χ1v) is 44.5. The van der Waals surface area contributed by atoms with Crippen LogP contribution in [0.15, 0.2) is 462 Å². The number of hydrogen-bond donors (Lipinski definition) is 0. The molecule has 0 radical (unpaired) electrons. The van der Waals surface area contributed by atoms with E-state index in [1.165, 1.54) is 153 Å². The fourth-order valence-corrected chi connectivity index (χ4v) is 22.0. The summed E-state index contributed by atoms with van der Waals surface area (Å²) in [5.41, 5.74) is 30.7. The second kappa shape index (κ2) is 28.8. The Balaban J connectivity index is 0.552. The summed E-state index contributed by atoms with van der Waals surface area (Å²) in [6.07, 6.45) is 0. The van der Waals surface area contributed by atoms with Crippen molar-refractivity contribution in [3.8, 4) is 122 Å². The molecule has 3 nitrogen and oxygen atoms in total. The van der Waals surface area contributed by atoms with Crippen LogP contribution in [0.4, 0.5) is 0 Å². The zero-order valence-electron chi connectivity index (χ0n) is 69.9. The van der Waals surface area contributed by atoms with Crippen LogP contribution < -0.4 is 0 Å². The van der Waals surface area contributed by atoms with Gasteiger partial charge in [0.1, 0.15) is 33.5 Å². The maximum atomic E-state index is 7.19. The Hall–Kier alpha value is -17.0. The van der Waals surface area contributed by atoms with Crippen LogP contribution in [0.25, 0.3) is 285 Å². The zero-order chi connectivity index (χ0) is 84.5. The molecule has 3 heterocycles. The Morgan fingerprint density at radius 2 is 0.457 bits per heavy atom. The molecule has 27 rings (SSSR count). The number of furan rings is 3. The van der Waals surface area contributed by atoms with Crippen LogP contribution in [-0.2, 0) is 0 Å². The Morgan fingerprint density at radius 1 is 0.116 bits per heavy atom. The van der Waals surface area contributed by atoms with Gasteiger partial charge in [0.15, 0.2) is 0 Å². The lowest BCUT2D eigenvalue weighted by Gasteiger charge is -2.20. The van der Waals surface area contributed by atoms with Gasteiger partial charge in [-0.1, -0.05) is 382 Å². The summed E-state index contributed by atoms with van der Waals surface area (Å²) in [5, 5.41) is 28.2. The summed E-state index contributed by atoms with van der Waals surface area (Å²) in [6, 6.07) is 166. The summed E-state index contributed by atoms with van der Waals surface area (Å²) >= 11 is 0. The standard InChI is InChI=1S/C126H74O3/c1-2-27-78(28-3-1)119-95-35-11-10-34-94(95)118(105-64-62-82(72-111(105)119)83-63-65-109-116(74-83)128-115-51-25-47-89(124(109)115)86-71-84-30-6-7-31-87(84)110(73-86)122-102-42-18-14-38-98(102)120(99-39-15-19-43-103(99)122)85-61-52-75-26-4-5-29-81(75)70-85)80-59-55-77(56-60-80)90-66-69-106(126-125(90)108-45-21-23-49-113(108)129-126)93-67-68-104(92-33-9-8-32-91(92)93)121-100-40-16-12-36-96(100)117(97-37-13-17-41-101(97)121)79-57-53-76(54-58-79)88-46-24-50-114-123(88)107-44-20-22-48-112(107)127-114/h1-74H. The van der Waals surface area contributed by atoms with Crippen molar-refractivity contribution in [3.05, 3.63) is 449 Å². The van der Waals surface area contributed by atoms with E-state index in [4.69, 9.17) is 13.3 Å². The van der Waals surface area contributed by atoms with Crippen molar-refractivity contribution in [2.75, 3.05) is 0 Å². The average Bonchev–Trinajstić information content (AvgIpc) is 1.32. The molecule has 0 aliphatic carbocycles. The van der Waals surface area contributed by atoms with Crippen molar-refractivity contribution >= 4 is 163 Å². The molecular formula is C126H74O3. The van der Waals surface area contributed by atoms with E-state index in [-0.39, 0.29) is 0 Å². The highest BCUT2D eigenvalue weighted by Gasteiger charge is 2.28. The van der Waals surface area contributed by atoms with Crippen LogP contribution in [0.3, 0.4) is 0 Å². The molecule has 0 unspecified atom stereocenters. The lowest BCUT2D eigenvalue weighted by molar-refractivity contribution is 0.668. The van der Waals surface area contributed by atoms with E-state index in [2.05, 4.69) is 443 Å². The van der Waals surface area contributed by atoms with Gasteiger partial charge in [-0.2, -0.15) is 0 Å². The van der Waals surface area contributed by atoms with Gasteiger partial charge < -0.3 is 13.3 Å². The van der Waals surface area contributed by atoms with Crippen molar-refractivity contribution in [1.29, 1.82) is 0 Å². The lowest BCUT2D eigenvalue weighted by atomic mass is 9.83. The van der Waals surface area contributed by atoms with Crippen LogP contribution in [0.2, 0.25) is 0 Å². The Kier molecular flexibility index (Phi) is 16.2. The number of benzene rings is 24. The van der Waals surface area contributed by atoms with Crippen molar-refractivity contribution in [1.82, 2.24) is 0 Å². The molecule has 0 atom stereocenters. The molecule has 0 saturated carbocycles. The van der Waals surface area contributed by atoms with Crippen molar-refractivity contribution < 1.29 is 13.3 Å². The molecule has 0 saturated heterocycles. The summed E-state index contributed by atoms with van der Waals surface area (Å²) < 4.78 is 20.6. The van der Waals surface area contributed by atoms with Gasteiger partial charge in [-0.05, 0) is 281 Å². The third kappa shape index (κ3) is 11.3. The zero-order valence-corrected chi connectivity index (χ0v) is 69.9. The van der Waals surface area contributed by atoms with E-state index in [0.29, 0.717) is 0 Å². The SMILES string of the molecule is c1ccc(-c2c3ccccc3c(-c3ccc(-c4ccc(-c5ccc(-c6c7ccccc7c(-c7ccc(-c8cccc9oc%10ccccc%10c89)cc7)c7ccccc67)c6ccccc56)c5oc6ccccc6c45)cc3)c3ccc(-c4ccc5c(c4)oc4cccc(-c6cc(-c7c8ccccc8c(-c8ccc9ccccc9c8)c8ccccc78)c7ccccc7c6)c45)cc23)cc1. The van der Waals surface area contributed by atoms with Crippen LogP contribution in [0.5, 0.6) is 0 Å². The smallest absolute Gasteiger partial charge is 0.143 e. The molecule has 24 aromatic carbocycles. The maximum Gasteiger partial charge on any atom is 0.143 e. The van der Waals surface area contributed by atoms with Gasteiger partial charge in [0.2, 0.25) is 0 Å². The fraction of sp³-hybridized carbons (Fsp3) is 0. The summed E-state index contributed by atoms with van der Waals surface area (Å²) in [5.74, 6) is 0. The van der Waals surface area contributed by atoms with Crippen molar-refractivity contribution in [2.24, 2.45) is 0 Å². The molecule has 0 aliphatic rings. The van der Waals surface area contributed by atoms with E-state index in [1.807, 2.05) is 6.07 Å². The highest BCUT2D eigenvalue weighted by molar-refractivity contribution is 6.29. The molecule has 3 heteroatoms. The molecular weight excluding hydrogens is 1560 g/mol. The van der Waals surface area contributed by atoms with Gasteiger partial charge in [-0.3, -0.25) is 0 Å². The number of rotatable bonds is 11. The highest BCUT2D eigenvalue weighted by Crippen LogP contribution is 2.54. The largest absolute Gasteiger partial charge is 0.456 e. The summed E-state index contributed by atoms with van der Waals surface area (Å²) in [6.45, 7) is 0. The Labute approximate surface area is 742 Å². The molecule has 0 bridgehead atoms. The number of hydrogen-bond acceptors (Lipinski definition) is 3. The van der Waals surface area contributed by atoms with E-state index >= 15 is 0 Å². The average molecular weight is 1640 g/mol. The van der Waals surface area contributed by atoms with Gasteiger partial charge in [-0.15, -0.1) is 0 Å². The maximum absolute atomic E-state index is 7.19. The van der Waals surface area contributed by atoms with Crippen LogP contribution >= 0.6 is 0 Å². The normalized spacial score (nSPS) is 12.0. The Morgan fingerprint density at radius 3 is 1.04 bits per heavy atom. The van der Waals surface area contributed by atoms with Gasteiger partial charge in [-0.25, -0.2) is 0 Å². The molecule has 0 fully saturated rings. The summed E-state index contributed by atoms with van der Waals surface area (Å²) in [4.78, 5) is 0. The third-order valence-corrected chi connectivity index (χ3v) is 27.6. The van der Waals surface area contributed by atoms with Crippen LogP contribution in [0, 0.1) is 0 Å². The van der Waals surface area contributed by atoms with Crippen LogP contribution in [-0.4, -0.2) is 0 Å². The summed E-state index contributed by atoms with van der Waals surface area (Å²) in [7, 11) is 0. The van der Waals surface area contributed by atoms with Gasteiger partial charge >= 0.3 is 0 Å². The minimum Gasteiger partial charge on any atom is -0.456 e. The first-order valence-electron chi connectivity index (χ1n) is 44.5. The molecule has 0 spiro atoms. The molecule has 0 amide bonds. The van der Waals surface area contributed by atoms with Gasteiger partial charge in [0.05, 0.1) is 0 Å². The molecule has 0 N–H and O–H groups in total. The Bertz CT molecular complexity index is 9310. The van der Waals surface area contributed by atoms with E-state index in [9.17, 15) is 0 Å². The monoisotopic (exact) mass is 1630 g/mol. The second-order valence-corrected chi connectivity index (χ2v) is 34.5. The van der Waals surface area contributed by atoms with Crippen LogP contribution in [0.1, 0.15) is 0 Å². The molecule has 129 heavy (non-hydrogen) atoms. The first kappa shape index (κ1) is 72.5. The molecule has 0 aliphatic heterocycles. The number of para-hydroxylation sites is 2. The van der Waals surface area contributed by atoms with Crippen molar-refractivity contribution in [3.63, 3.8) is 0 Å². The fourth-order valence-electron chi connectivity index (χ4n) is 22.0. The minimum atomic E-state index is 0.841. The highest BCUT2D eigenvalue weighted by atomic mass is 16.3. The second-order valence-electron chi connectivity index (χ2n) is 34.5. The third-order valence-electron chi connectivity index (χ3n) is 27.6. The molecule has 3 aromatic heterocycles. The van der Waals surface area contributed by atoms with Gasteiger partial charge in [0, 0.05) is 37.9 Å². The van der Waals surface area contributed by atoms with Gasteiger partial charge in [0.25, 0.3) is 0 Å². The van der Waals surface area contributed by atoms with E-state index in [1.54, 1.807) is 0 Å². The molecule has 596 valence electrons. The molecule has 27 aromatic rings. The predicted octanol–water partition coefficient (Wildman–Crippen LogP) is 36.1. The first-order chi connectivity index (χ1) is 64.0. The van der Waals surface area contributed by atoms with Crippen molar-refractivity contribution in [2.45, 2.75) is 0 Å². The van der Waals surface area contributed by atoms with E-state index < -0.39 is 0 Å². The van der Waals surface area contributed by atoms with E-state index in [0.717, 1.165) is 132 Å².